The molecule has 17 heavy (non-hydrogen) atoms. The highest BCUT2D eigenvalue weighted by atomic mass is 28.4. The molecule has 0 unspecified atom stereocenters. The molecule has 0 saturated carbocycles. The van der Waals surface area contributed by atoms with Gasteiger partial charge in [0.15, 0.2) is 8.32 Å². The highest BCUT2D eigenvalue weighted by Gasteiger charge is 2.32. The van der Waals surface area contributed by atoms with Gasteiger partial charge < -0.3 is 4.43 Å². The van der Waals surface area contributed by atoms with Crippen molar-refractivity contribution in [3.63, 3.8) is 0 Å². The monoisotopic (exact) mass is 262 g/mol. The fourth-order valence-corrected chi connectivity index (χ4v) is 4.63. The van der Waals surface area contributed by atoms with E-state index in [4.69, 9.17) is 4.43 Å². The van der Waals surface area contributed by atoms with Crippen molar-refractivity contribution in [1.82, 2.24) is 0 Å². The molecular weight excluding hydrogens is 245 g/mol. The quantitative estimate of drug-likeness (QED) is 0.733. The molecule has 0 fully saturated rings. The Hall–Kier alpha value is -0.813. The maximum absolute atomic E-state index is 13.5. The second-order valence-electron chi connectivity index (χ2n) is 4.12. The van der Waals surface area contributed by atoms with Crippen molar-refractivity contribution in [2.45, 2.75) is 32.0 Å². The molecule has 1 aromatic carbocycles. The molecule has 0 spiro atoms. The highest BCUT2D eigenvalue weighted by molar-refractivity contribution is 6.73. The SMILES string of the molecule is CC[Si](CC)(Cc1c(F)cc(F)cc1F)OC. The summed E-state index contributed by atoms with van der Waals surface area (Å²) < 4.78 is 45.4. The van der Waals surface area contributed by atoms with E-state index in [0.29, 0.717) is 0 Å². The van der Waals surface area contributed by atoms with Crippen LogP contribution in [-0.2, 0) is 10.5 Å². The van der Waals surface area contributed by atoms with Crippen molar-refractivity contribution in [2.24, 2.45) is 0 Å². The van der Waals surface area contributed by atoms with E-state index in [2.05, 4.69) is 0 Å². The molecule has 0 aromatic heterocycles. The van der Waals surface area contributed by atoms with Gasteiger partial charge in [-0.15, -0.1) is 0 Å². The van der Waals surface area contributed by atoms with Crippen LogP contribution in [-0.4, -0.2) is 15.4 Å². The molecule has 1 nitrogen and oxygen atoms in total. The molecule has 1 aromatic rings. The molecule has 5 heteroatoms. The molecule has 0 aliphatic heterocycles. The largest absolute Gasteiger partial charge is 0.420 e. The van der Waals surface area contributed by atoms with E-state index in [-0.39, 0.29) is 11.6 Å². The third-order valence-corrected chi connectivity index (χ3v) is 7.77. The lowest BCUT2D eigenvalue weighted by atomic mass is 10.2. The highest BCUT2D eigenvalue weighted by Crippen LogP contribution is 2.25. The average molecular weight is 262 g/mol. The predicted octanol–water partition coefficient (Wildman–Crippen LogP) is 3.82. The zero-order chi connectivity index (χ0) is 13.1. The summed E-state index contributed by atoms with van der Waals surface area (Å²) in [7, 11) is -0.559. The van der Waals surface area contributed by atoms with Gasteiger partial charge in [0.25, 0.3) is 0 Å². The fourth-order valence-electron chi connectivity index (χ4n) is 1.92. The van der Waals surface area contributed by atoms with Crippen LogP contribution in [0.1, 0.15) is 19.4 Å². The Balaban J connectivity index is 3.09. The Labute approximate surface area is 101 Å². The summed E-state index contributed by atoms with van der Waals surface area (Å²) in [6.45, 7) is 3.91. The van der Waals surface area contributed by atoms with Crippen LogP contribution >= 0.6 is 0 Å². The number of hydrogen-bond acceptors (Lipinski definition) is 1. The molecule has 96 valence electrons. The van der Waals surface area contributed by atoms with Crippen LogP contribution in [0.2, 0.25) is 12.1 Å². The van der Waals surface area contributed by atoms with Crippen LogP contribution in [0.25, 0.3) is 0 Å². The fraction of sp³-hybridized carbons (Fsp3) is 0.500. The normalized spacial score (nSPS) is 11.9. The first-order valence-electron chi connectivity index (χ1n) is 5.66. The number of rotatable bonds is 5. The van der Waals surface area contributed by atoms with E-state index in [1.165, 1.54) is 0 Å². The van der Waals surface area contributed by atoms with E-state index >= 15 is 0 Å². The first-order chi connectivity index (χ1) is 7.98. The Morgan fingerprint density at radius 3 is 1.88 bits per heavy atom. The van der Waals surface area contributed by atoms with Gasteiger partial charge in [0.2, 0.25) is 0 Å². The summed E-state index contributed by atoms with van der Waals surface area (Å²) >= 11 is 0. The van der Waals surface area contributed by atoms with Crippen molar-refractivity contribution < 1.29 is 17.6 Å². The third kappa shape index (κ3) is 3.10. The van der Waals surface area contributed by atoms with Crippen molar-refractivity contribution in [3.05, 3.63) is 35.1 Å². The summed E-state index contributed by atoms with van der Waals surface area (Å²) in [5.74, 6) is -2.53. The smallest absolute Gasteiger partial charge is 0.196 e. The van der Waals surface area contributed by atoms with Gasteiger partial charge in [-0.25, -0.2) is 13.2 Å². The van der Waals surface area contributed by atoms with Gasteiger partial charge in [-0.05, 0) is 18.1 Å². The molecule has 0 atom stereocenters. The molecule has 0 N–H and O–H groups in total. The lowest BCUT2D eigenvalue weighted by molar-refractivity contribution is 0.388. The summed E-state index contributed by atoms with van der Waals surface area (Å²) in [6, 6.07) is 3.23. The van der Waals surface area contributed by atoms with E-state index in [1.807, 2.05) is 13.8 Å². The van der Waals surface area contributed by atoms with E-state index in [0.717, 1.165) is 24.2 Å². The maximum atomic E-state index is 13.5. The Morgan fingerprint density at radius 1 is 1.06 bits per heavy atom. The van der Waals surface area contributed by atoms with Gasteiger partial charge >= 0.3 is 0 Å². The lowest BCUT2D eigenvalue weighted by Gasteiger charge is -2.27. The van der Waals surface area contributed by atoms with Gasteiger partial charge in [0.1, 0.15) is 17.5 Å². The Bertz CT molecular complexity index is 360. The number of hydrogen-bond donors (Lipinski definition) is 0. The van der Waals surface area contributed by atoms with Gasteiger partial charge in [-0.1, -0.05) is 13.8 Å². The molecule has 0 aliphatic carbocycles. The zero-order valence-electron chi connectivity index (χ0n) is 10.3. The van der Waals surface area contributed by atoms with Gasteiger partial charge in [-0.3, -0.25) is 0 Å². The van der Waals surface area contributed by atoms with Crippen LogP contribution in [0, 0.1) is 17.5 Å². The maximum Gasteiger partial charge on any atom is 0.196 e. The molecule has 0 aliphatic rings. The summed E-state index contributed by atoms with van der Waals surface area (Å²) in [5.41, 5.74) is -0.0522. The summed E-state index contributed by atoms with van der Waals surface area (Å²) in [4.78, 5) is 0. The topological polar surface area (TPSA) is 9.23 Å². The van der Waals surface area contributed by atoms with Crippen LogP contribution in [0.4, 0.5) is 13.2 Å². The van der Waals surface area contributed by atoms with Crippen molar-refractivity contribution in [1.29, 1.82) is 0 Å². The number of halogens is 3. The van der Waals surface area contributed by atoms with Gasteiger partial charge in [0, 0.05) is 24.8 Å². The van der Waals surface area contributed by atoms with Crippen LogP contribution < -0.4 is 0 Å². The predicted molar refractivity (Wildman–Crippen MR) is 63.7 cm³/mol. The lowest BCUT2D eigenvalue weighted by Crippen LogP contribution is -2.39. The van der Waals surface area contributed by atoms with E-state index in [1.54, 1.807) is 7.11 Å². The standard InChI is InChI=1S/C12H17F3OSi/c1-4-17(5-2,16-3)8-10-11(14)6-9(13)7-12(10)15/h6-7H,4-5,8H2,1-3H3. The van der Waals surface area contributed by atoms with E-state index in [9.17, 15) is 13.2 Å². The molecule has 0 amide bonds. The minimum Gasteiger partial charge on any atom is -0.420 e. The molecule has 0 saturated heterocycles. The van der Waals surface area contributed by atoms with Crippen LogP contribution in [0.5, 0.6) is 0 Å². The Kier molecular flexibility index (Phi) is 4.77. The van der Waals surface area contributed by atoms with Crippen LogP contribution in [0.15, 0.2) is 12.1 Å². The van der Waals surface area contributed by atoms with Crippen molar-refractivity contribution in [2.75, 3.05) is 7.11 Å². The van der Waals surface area contributed by atoms with Gasteiger partial charge in [-0.2, -0.15) is 0 Å². The average Bonchev–Trinajstić information content (AvgIpc) is 2.29. The molecule has 0 radical (unpaired) electrons. The molecule has 0 heterocycles. The second kappa shape index (κ2) is 5.69. The molecule has 1 rings (SSSR count). The summed E-state index contributed by atoms with van der Waals surface area (Å²) in [6.07, 6.45) is 0. The Morgan fingerprint density at radius 2 is 1.53 bits per heavy atom. The molecule has 0 bridgehead atoms. The third-order valence-electron chi connectivity index (χ3n) is 3.33. The zero-order valence-corrected chi connectivity index (χ0v) is 11.3. The van der Waals surface area contributed by atoms with Crippen molar-refractivity contribution >= 4 is 8.32 Å². The number of benzene rings is 1. The van der Waals surface area contributed by atoms with Crippen LogP contribution in [0.3, 0.4) is 0 Å². The minimum absolute atomic E-state index is 0.0522. The molecular formula is C12H17F3OSi. The van der Waals surface area contributed by atoms with Gasteiger partial charge in [0.05, 0.1) is 0 Å². The first-order valence-corrected chi connectivity index (χ1v) is 8.19. The minimum atomic E-state index is -2.14. The summed E-state index contributed by atoms with van der Waals surface area (Å²) in [5, 5.41) is 0. The van der Waals surface area contributed by atoms with Crippen molar-refractivity contribution in [3.8, 4) is 0 Å². The van der Waals surface area contributed by atoms with E-state index < -0.39 is 25.8 Å². The second-order valence-corrected chi connectivity index (χ2v) is 8.66. The first kappa shape index (κ1) is 14.2.